The highest BCUT2D eigenvalue weighted by molar-refractivity contribution is 9.10. The highest BCUT2D eigenvalue weighted by atomic mass is 79.9. The van der Waals surface area contributed by atoms with Crippen molar-refractivity contribution in [1.29, 1.82) is 5.41 Å². The molecule has 3 N–H and O–H groups in total. The van der Waals surface area contributed by atoms with Gasteiger partial charge in [-0.05, 0) is 24.7 Å². The molecule has 0 atom stereocenters. The van der Waals surface area contributed by atoms with Crippen LogP contribution in [0.1, 0.15) is 12.0 Å². The lowest BCUT2D eigenvalue weighted by Gasteiger charge is -2.16. The van der Waals surface area contributed by atoms with Crippen molar-refractivity contribution in [1.82, 2.24) is 4.90 Å². The van der Waals surface area contributed by atoms with Crippen LogP contribution in [0.2, 0.25) is 0 Å². The summed E-state index contributed by atoms with van der Waals surface area (Å²) in [6.07, 6.45) is 0.629. The van der Waals surface area contributed by atoms with Crippen molar-refractivity contribution >= 4 is 21.8 Å². The molecule has 0 unspecified atom stereocenters. The van der Waals surface area contributed by atoms with Crippen LogP contribution in [0.15, 0.2) is 28.7 Å². The van der Waals surface area contributed by atoms with Crippen molar-refractivity contribution < 1.29 is 0 Å². The Labute approximate surface area is 98.9 Å². The first-order chi connectivity index (χ1) is 7.08. The number of rotatable bonds is 5. The van der Waals surface area contributed by atoms with Crippen LogP contribution >= 0.6 is 15.9 Å². The van der Waals surface area contributed by atoms with Gasteiger partial charge >= 0.3 is 0 Å². The highest BCUT2D eigenvalue weighted by Gasteiger charge is 2.01. The summed E-state index contributed by atoms with van der Waals surface area (Å²) in [5, 5.41) is 7.15. The number of nitrogens with one attached hydrogen (secondary N) is 1. The molecule has 0 aliphatic heterocycles. The first kappa shape index (κ1) is 12.2. The Hall–Kier alpha value is -0.870. The summed E-state index contributed by atoms with van der Waals surface area (Å²) < 4.78 is 1.10. The van der Waals surface area contributed by atoms with Gasteiger partial charge in [0.15, 0.2) is 0 Å². The lowest BCUT2D eigenvalue weighted by Crippen LogP contribution is -2.23. The molecule has 0 bridgehead atoms. The molecule has 0 amide bonds. The zero-order valence-corrected chi connectivity index (χ0v) is 10.4. The topological polar surface area (TPSA) is 53.1 Å². The summed E-state index contributed by atoms with van der Waals surface area (Å²) in [6, 6.07) is 8.23. The van der Waals surface area contributed by atoms with Gasteiger partial charge in [-0.1, -0.05) is 28.1 Å². The van der Waals surface area contributed by atoms with Gasteiger partial charge in [0.05, 0.1) is 5.84 Å². The van der Waals surface area contributed by atoms with Crippen molar-refractivity contribution in [3.05, 3.63) is 34.3 Å². The molecular weight excluding hydrogens is 254 g/mol. The van der Waals surface area contributed by atoms with E-state index in [9.17, 15) is 0 Å². The van der Waals surface area contributed by atoms with E-state index in [0.717, 1.165) is 17.6 Å². The fourth-order valence-corrected chi connectivity index (χ4v) is 1.78. The third-order valence-electron chi connectivity index (χ3n) is 2.10. The predicted octanol–water partition coefficient (Wildman–Crippen LogP) is 2.21. The van der Waals surface area contributed by atoms with Crippen LogP contribution in [0.25, 0.3) is 0 Å². The smallest absolute Gasteiger partial charge is 0.0918 e. The van der Waals surface area contributed by atoms with E-state index < -0.39 is 0 Å². The molecule has 0 fully saturated rings. The van der Waals surface area contributed by atoms with Gasteiger partial charge in [0.2, 0.25) is 0 Å². The number of nitrogens with two attached hydrogens (primary N) is 1. The monoisotopic (exact) mass is 269 g/mol. The molecule has 0 aliphatic rings. The fraction of sp³-hybridized carbons (Fsp3) is 0.364. The SMILES string of the molecule is CN(CCC(=N)N)Cc1cccc(Br)c1. The van der Waals surface area contributed by atoms with Crippen LogP contribution in [0.3, 0.4) is 0 Å². The lowest BCUT2D eigenvalue weighted by atomic mass is 10.2. The molecule has 0 aliphatic carbocycles. The normalized spacial score (nSPS) is 10.6. The molecule has 1 aromatic carbocycles. The second-order valence-electron chi connectivity index (χ2n) is 3.64. The molecule has 0 saturated heterocycles. The molecule has 15 heavy (non-hydrogen) atoms. The number of hydrogen-bond acceptors (Lipinski definition) is 2. The average molecular weight is 270 g/mol. The Morgan fingerprint density at radius 1 is 1.53 bits per heavy atom. The van der Waals surface area contributed by atoms with Crippen LogP contribution in [-0.2, 0) is 6.54 Å². The number of benzene rings is 1. The molecule has 0 spiro atoms. The molecule has 1 rings (SSSR count). The first-order valence-electron chi connectivity index (χ1n) is 4.84. The van der Waals surface area contributed by atoms with Crippen LogP contribution in [-0.4, -0.2) is 24.3 Å². The summed E-state index contributed by atoms with van der Waals surface area (Å²) in [5.41, 5.74) is 6.57. The van der Waals surface area contributed by atoms with Gasteiger partial charge in [0, 0.05) is 24.0 Å². The molecule has 0 heterocycles. The number of hydrogen-bond donors (Lipinski definition) is 2. The maximum Gasteiger partial charge on any atom is 0.0918 e. The van der Waals surface area contributed by atoms with Crippen molar-refractivity contribution in [2.75, 3.05) is 13.6 Å². The van der Waals surface area contributed by atoms with Crippen LogP contribution in [0.5, 0.6) is 0 Å². The zero-order chi connectivity index (χ0) is 11.3. The van der Waals surface area contributed by atoms with E-state index in [-0.39, 0.29) is 5.84 Å². The number of nitrogens with zero attached hydrogens (tertiary/aromatic N) is 1. The fourth-order valence-electron chi connectivity index (χ4n) is 1.34. The van der Waals surface area contributed by atoms with Gasteiger partial charge in [-0.15, -0.1) is 0 Å². The van der Waals surface area contributed by atoms with Crippen molar-refractivity contribution in [2.24, 2.45) is 5.73 Å². The molecule has 0 saturated carbocycles. The largest absolute Gasteiger partial charge is 0.388 e. The van der Waals surface area contributed by atoms with Crippen LogP contribution in [0.4, 0.5) is 0 Å². The molecule has 0 aromatic heterocycles. The second-order valence-corrected chi connectivity index (χ2v) is 4.56. The van der Waals surface area contributed by atoms with Crippen molar-refractivity contribution in [2.45, 2.75) is 13.0 Å². The van der Waals surface area contributed by atoms with Gasteiger partial charge in [-0.3, -0.25) is 5.41 Å². The average Bonchev–Trinajstić information content (AvgIpc) is 2.15. The summed E-state index contributed by atoms with van der Waals surface area (Å²) in [5.74, 6) is 0.246. The summed E-state index contributed by atoms with van der Waals surface area (Å²) in [6.45, 7) is 1.70. The van der Waals surface area contributed by atoms with Crippen LogP contribution < -0.4 is 5.73 Å². The minimum atomic E-state index is 0.246. The van der Waals surface area contributed by atoms with E-state index in [0.29, 0.717) is 6.42 Å². The minimum Gasteiger partial charge on any atom is -0.388 e. The van der Waals surface area contributed by atoms with E-state index in [4.69, 9.17) is 11.1 Å². The number of amidine groups is 1. The van der Waals surface area contributed by atoms with E-state index in [1.54, 1.807) is 0 Å². The second kappa shape index (κ2) is 5.88. The molecule has 1 aromatic rings. The van der Waals surface area contributed by atoms with E-state index in [1.165, 1.54) is 5.56 Å². The molecule has 4 heteroatoms. The third-order valence-corrected chi connectivity index (χ3v) is 2.60. The Morgan fingerprint density at radius 2 is 2.27 bits per heavy atom. The van der Waals surface area contributed by atoms with E-state index in [2.05, 4.69) is 33.0 Å². The summed E-state index contributed by atoms with van der Waals surface area (Å²) >= 11 is 3.44. The zero-order valence-electron chi connectivity index (χ0n) is 8.83. The highest BCUT2D eigenvalue weighted by Crippen LogP contribution is 2.12. The maximum atomic E-state index is 7.15. The molecule has 82 valence electrons. The van der Waals surface area contributed by atoms with Crippen LogP contribution in [0, 0.1) is 5.41 Å². The minimum absolute atomic E-state index is 0.246. The van der Waals surface area contributed by atoms with Gasteiger partial charge in [0.25, 0.3) is 0 Å². The Balaban J connectivity index is 2.44. The van der Waals surface area contributed by atoms with Crippen molar-refractivity contribution in [3.8, 4) is 0 Å². The predicted molar refractivity (Wildman–Crippen MR) is 67.0 cm³/mol. The Morgan fingerprint density at radius 3 is 2.87 bits per heavy atom. The molecular formula is C11H16BrN3. The standard InChI is InChI=1S/C11H16BrN3/c1-15(6-5-11(13)14)8-9-3-2-4-10(12)7-9/h2-4,7H,5-6,8H2,1H3,(H3,13,14). The molecule has 3 nitrogen and oxygen atoms in total. The van der Waals surface area contributed by atoms with E-state index >= 15 is 0 Å². The number of halogens is 1. The van der Waals surface area contributed by atoms with Crippen molar-refractivity contribution in [3.63, 3.8) is 0 Å². The summed E-state index contributed by atoms with van der Waals surface area (Å²) in [4.78, 5) is 2.16. The Kier molecular flexibility index (Phi) is 4.78. The first-order valence-corrected chi connectivity index (χ1v) is 5.63. The third kappa shape index (κ3) is 4.95. The summed E-state index contributed by atoms with van der Waals surface area (Å²) in [7, 11) is 2.03. The van der Waals surface area contributed by atoms with Gasteiger partial charge in [-0.25, -0.2) is 0 Å². The maximum absolute atomic E-state index is 7.15. The van der Waals surface area contributed by atoms with E-state index in [1.807, 2.05) is 19.2 Å². The van der Waals surface area contributed by atoms with Gasteiger partial charge in [-0.2, -0.15) is 0 Å². The Bertz CT molecular complexity index is 338. The van der Waals surface area contributed by atoms with Gasteiger partial charge in [0.1, 0.15) is 0 Å². The quantitative estimate of drug-likeness (QED) is 0.636. The lowest BCUT2D eigenvalue weighted by molar-refractivity contribution is 0.336. The van der Waals surface area contributed by atoms with Gasteiger partial charge < -0.3 is 10.6 Å². The molecule has 0 radical (unpaired) electrons.